The Balaban J connectivity index is 1.77. The van der Waals surface area contributed by atoms with Gasteiger partial charge in [-0.05, 0) is 12.1 Å². The Morgan fingerprint density at radius 1 is 1.04 bits per heavy atom. The van der Waals surface area contributed by atoms with Crippen molar-refractivity contribution >= 4 is 23.8 Å². The average molecular weight is 325 g/mol. The number of carbonyl (C=O) groups excluding carboxylic acids is 4. The van der Waals surface area contributed by atoms with Gasteiger partial charge in [0.2, 0.25) is 0 Å². The van der Waals surface area contributed by atoms with E-state index in [1.807, 2.05) is 0 Å². The van der Waals surface area contributed by atoms with Crippen LogP contribution in [0.25, 0.3) is 0 Å². The molecule has 1 aliphatic heterocycles. The summed E-state index contributed by atoms with van der Waals surface area (Å²) in [5, 5.41) is 0.121. The summed E-state index contributed by atoms with van der Waals surface area (Å²) in [6.45, 7) is 0. The lowest BCUT2D eigenvalue weighted by Gasteiger charge is -2.12. The Morgan fingerprint density at radius 3 is 2.00 bits per heavy atom. The van der Waals surface area contributed by atoms with Crippen LogP contribution >= 0.6 is 0 Å². The highest BCUT2D eigenvalue weighted by molar-refractivity contribution is 6.21. The molecule has 2 amide bonds. The van der Waals surface area contributed by atoms with Crippen LogP contribution in [0.1, 0.15) is 20.7 Å². The quantitative estimate of drug-likeness (QED) is 0.603. The number of methoxy groups -OCH3 is 1. The summed E-state index contributed by atoms with van der Waals surface area (Å²) in [6, 6.07) is 5.67. The van der Waals surface area contributed by atoms with Crippen LogP contribution in [0, 0.1) is 11.8 Å². The zero-order chi connectivity index (χ0) is 16.9. The molecule has 0 N–H and O–H groups in total. The highest BCUT2D eigenvalue weighted by atomic mass is 19.3. The van der Waals surface area contributed by atoms with Crippen LogP contribution in [0.5, 0.6) is 0 Å². The van der Waals surface area contributed by atoms with E-state index in [1.54, 1.807) is 0 Å². The van der Waals surface area contributed by atoms with Crippen molar-refractivity contribution in [3.8, 4) is 0 Å². The molecule has 0 unspecified atom stereocenters. The maximum Gasteiger partial charge on any atom is 0.343 e. The first-order chi connectivity index (χ1) is 10.8. The standard InChI is InChI=1S/C14H9F2NO6/c1-22-12(20)8-9(14(8,15)16)13(21)23-17-10(18)6-4-2-3-5-7(6)11(17)19/h2-5,8-9H,1H3/t8-,9-/m0/s1. The third-order valence-electron chi connectivity index (χ3n) is 3.70. The Bertz CT molecular complexity index is 712. The molecule has 120 valence electrons. The fourth-order valence-electron chi connectivity index (χ4n) is 2.44. The second kappa shape index (κ2) is 4.83. The maximum atomic E-state index is 13.5. The molecule has 0 aromatic heterocycles. The summed E-state index contributed by atoms with van der Waals surface area (Å²) in [5.74, 6) is -12.4. The van der Waals surface area contributed by atoms with Crippen molar-refractivity contribution in [3.63, 3.8) is 0 Å². The molecule has 1 aromatic carbocycles. The number of nitrogens with zero attached hydrogens (tertiary/aromatic N) is 1. The Kier molecular flexibility index (Phi) is 3.17. The summed E-state index contributed by atoms with van der Waals surface area (Å²) in [5.41, 5.74) is -0.00486. The van der Waals surface area contributed by atoms with Gasteiger partial charge in [-0.3, -0.25) is 14.4 Å². The molecule has 2 aliphatic rings. The normalized spacial score (nSPS) is 24.2. The van der Waals surface area contributed by atoms with Gasteiger partial charge in [-0.15, -0.1) is 0 Å². The molecule has 0 radical (unpaired) electrons. The van der Waals surface area contributed by atoms with E-state index in [9.17, 15) is 28.0 Å². The fraction of sp³-hybridized carbons (Fsp3) is 0.286. The van der Waals surface area contributed by atoms with E-state index < -0.39 is 41.5 Å². The van der Waals surface area contributed by atoms with Crippen molar-refractivity contribution in [1.29, 1.82) is 0 Å². The smallest absolute Gasteiger partial charge is 0.343 e. The van der Waals surface area contributed by atoms with Crippen LogP contribution in [0.2, 0.25) is 0 Å². The Labute approximate surface area is 127 Å². The van der Waals surface area contributed by atoms with E-state index in [-0.39, 0.29) is 16.2 Å². The molecule has 7 nitrogen and oxygen atoms in total. The number of halogens is 2. The minimum absolute atomic E-state index is 0.00243. The number of rotatable bonds is 3. The minimum atomic E-state index is -3.64. The summed E-state index contributed by atoms with van der Waals surface area (Å²) >= 11 is 0. The highest BCUT2D eigenvalue weighted by Crippen LogP contribution is 2.56. The molecule has 3 rings (SSSR count). The Hall–Kier alpha value is -2.84. The number of ether oxygens (including phenoxy) is 1. The van der Waals surface area contributed by atoms with Gasteiger partial charge in [0.1, 0.15) is 11.8 Å². The number of amides is 2. The van der Waals surface area contributed by atoms with Gasteiger partial charge >= 0.3 is 11.9 Å². The predicted molar refractivity (Wildman–Crippen MR) is 67.0 cm³/mol. The molecular formula is C14H9F2NO6. The van der Waals surface area contributed by atoms with Gasteiger partial charge in [-0.2, -0.15) is 0 Å². The molecule has 0 bridgehead atoms. The van der Waals surface area contributed by atoms with Crippen LogP contribution in [0.4, 0.5) is 8.78 Å². The van der Waals surface area contributed by atoms with Gasteiger partial charge < -0.3 is 9.57 Å². The SMILES string of the molecule is COC(=O)[C@@H]1[C@@H](C(=O)ON2C(=O)c3ccccc3C2=O)C1(F)F. The van der Waals surface area contributed by atoms with Crippen LogP contribution < -0.4 is 0 Å². The summed E-state index contributed by atoms with van der Waals surface area (Å²) in [4.78, 5) is 51.4. The molecule has 9 heteroatoms. The lowest BCUT2D eigenvalue weighted by atomic mass is 10.1. The van der Waals surface area contributed by atoms with Crippen LogP contribution in [0.3, 0.4) is 0 Å². The molecule has 1 aromatic rings. The van der Waals surface area contributed by atoms with Gasteiger partial charge in [-0.25, -0.2) is 13.6 Å². The van der Waals surface area contributed by atoms with Crippen molar-refractivity contribution in [2.75, 3.05) is 7.11 Å². The maximum absolute atomic E-state index is 13.5. The first-order valence-electron chi connectivity index (χ1n) is 6.46. The first kappa shape index (κ1) is 15.1. The average Bonchev–Trinajstić information content (AvgIpc) is 3.04. The van der Waals surface area contributed by atoms with Gasteiger partial charge in [0.15, 0.2) is 0 Å². The van der Waals surface area contributed by atoms with Gasteiger partial charge in [0.05, 0.1) is 18.2 Å². The first-order valence-corrected chi connectivity index (χ1v) is 6.46. The molecule has 23 heavy (non-hydrogen) atoms. The second-order valence-electron chi connectivity index (χ2n) is 5.01. The zero-order valence-electron chi connectivity index (χ0n) is 11.6. The van der Waals surface area contributed by atoms with E-state index in [2.05, 4.69) is 9.57 Å². The number of benzene rings is 1. The monoisotopic (exact) mass is 325 g/mol. The van der Waals surface area contributed by atoms with E-state index in [4.69, 9.17) is 0 Å². The largest absolute Gasteiger partial charge is 0.469 e. The lowest BCUT2D eigenvalue weighted by Crippen LogP contribution is -2.34. The van der Waals surface area contributed by atoms with Crippen LogP contribution in [-0.2, 0) is 19.2 Å². The van der Waals surface area contributed by atoms with Crippen molar-refractivity contribution in [2.45, 2.75) is 5.92 Å². The number of alkyl halides is 2. The molecule has 1 heterocycles. The second-order valence-corrected chi connectivity index (χ2v) is 5.01. The minimum Gasteiger partial charge on any atom is -0.469 e. The van der Waals surface area contributed by atoms with Gasteiger partial charge in [-0.1, -0.05) is 17.2 Å². The third kappa shape index (κ3) is 2.07. The predicted octanol–water partition coefficient (Wildman–Crippen LogP) is 0.795. The van der Waals surface area contributed by atoms with Crippen molar-refractivity contribution < 1.29 is 37.5 Å². The lowest BCUT2D eigenvalue weighted by molar-refractivity contribution is -0.173. The van der Waals surface area contributed by atoms with Crippen molar-refractivity contribution in [1.82, 2.24) is 5.06 Å². The molecule has 0 spiro atoms. The zero-order valence-corrected chi connectivity index (χ0v) is 11.6. The molecule has 1 saturated carbocycles. The third-order valence-corrected chi connectivity index (χ3v) is 3.70. The highest BCUT2D eigenvalue weighted by Gasteiger charge is 2.77. The summed E-state index contributed by atoms with van der Waals surface area (Å²) in [7, 11) is 0.906. The van der Waals surface area contributed by atoms with E-state index >= 15 is 0 Å². The molecular weight excluding hydrogens is 316 g/mol. The molecule has 0 saturated heterocycles. The van der Waals surface area contributed by atoms with Crippen LogP contribution in [0.15, 0.2) is 24.3 Å². The topological polar surface area (TPSA) is 90.0 Å². The van der Waals surface area contributed by atoms with E-state index in [0.29, 0.717) is 0 Å². The molecule has 1 aliphatic carbocycles. The number of fused-ring (bicyclic) bond motifs is 1. The Morgan fingerprint density at radius 2 is 1.52 bits per heavy atom. The van der Waals surface area contributed by atoms with E-state index in [0.717, 1.165) is 7.11 Å². The van der Waals surface area contributed by atoms with Crippen molar-refractivity contribution in [3.05, 3.63) is 35.4 Å². The van der Waals surface area contributed by atoms with E-state index in [1.165, 1.54) is 24.3 Å². The fourth-order valence-corrected chi connectivity index (χ4v) is 2.44. The van der Waals surface area contributed by atoms with Gasteiger partial charge in [0.25, 0.3) is 17.7 Å². The number of esters is 1. The number of imide groups is 1. The summed E-state index contributed by atoms with van der Waals surface area (Å²) < 4.78 is 31.2. The molecule has 1 fully saturated rings. The number of hydrogen-bond acceptors (Lipinski definition) is 6. The number of hydrogen-bond donors (Lipinski definition) is 0. The number of hydroxylamine groups is 2. The van der Waals surface area contributed by atoms with Gasteiger partial charge in [0, 0.05) is 0 Å². The summed E-state index contributed by atoms with van der Waals surface area (Å²) in [6.07, 6.45) is 0. The van der Waals surface area contributed by atoms with Crippen molar-refractivity contribution in [2.24, 2.45) is 11.8 Å². The van der Waals surface area contributed by atoms with Crippen LogP contribution in [-0.4, -0.2) is 41.8 Å². The molecule has 2 atom stereocenters. The number of carbonyl (C=O) groups is 4.